The van der Waals surface area contributed by atoms with Crippen LogP contribution in [0, 0.1) is 46.8 Å². The number of rotatable bonds is 4. The van der Waals surface area contributed by atoms with Crippen molar-refractivity contribution in [2.45, 2.75) is 96.8 Å². The second-order valence-corrected chi connectivity index (χ2v) is 8.99. The lowest BCUT2D eigenvalue weighted by atomic mass is 9.65. The van der Waals surface area contributed by atoms with Gasteiger partial charge in [-0.15, -0.1) is 0 Å². The maximum Gasteiger partial charge on any atom is 0.0655 e. The molecule has 1 heteroatoms. The van der Waals surface area contributed by atoms with Crippen LogP contribution in [0.15, 0.2) is 0 Å². The summed E-state index contributed by atoms with van der Waals surface area (Å²) in [5, 5.41) is 9.07. The molecule has 3 fully saturated rings. The predicted molar refractivity (Wildman–Crippen MR) is 96.9 cm³/mol. The molecule has 3 rings (SSSR count). The van der Waals surface area contributed by atoms with Crippen LogP contribution in [0.3, 0.4) is 0 Å². The summed E-state index contributed by atoms with van der Waals surface area (Å²) in [6.45, 7) is 2.34. The molecule has 0 aromatic carbocycles. The summed E-state index contributed by atoms with van der Waals surface area (Å²) in [6.07, 6.45) is 20.1. The summed E-state index contributed by atoms with van der Waals surface area (Å²) < 4.78 is 0. The zero-order valence-corrected chi connectivity index (χ0v) is 15.3. The van der Waals surface area contributed by atoms with Crippen LogP contribution in [0.1, 0.15) is 96.8 Å². The molecule has 3 aliphatic rings. The second kappa shape index (κ2) is 8.55. The van der Waals surface area contributed by atoms with E-state index in [9.17, 15) is 0 Å². The maximum absolute atomic E-state index is 9.07. The molecule has 0 N–H and O–H groups in total. The third-order valence-electron chi connectivity index (χ3n) is 7.69. The smallest absolute Gasteiger partial charge is 0.0655 e. The van der Waals surface area contributed by atoms with Gasteiger partial charge in [0.05, 0.1) is 6.07 Å². The Bertz CT molecular complexity index is 371. The average molecular weight is 316 g/mol. The molecule has 0 aliphatic heterocycles. The van der Waals surface area contributed by atoms with Gasteiger partial charge in [-0.05, 0) is 93.8 Å². The fourth-order valence-corrected chi connectivity index (χ4v) is 6.16. The standard InChI is InChI=1S/C22H37N/c1-2-3-17-4-8-19(9-5-17)21-12-14-22(15-13-21)20-10-6-18(16-23)7-11-20/h17-22H,2-15H2,1H3/t17-,18-,19-,20+,21?,22?. The first-order chi connectivity index (χ1) is 11.3. The molecule has 0 aromatic heterocycles. The Kier molecular flexibility index (Phi) is 6.44. The van der Waals surface area contributed by atoms with Gasteiger partial charge in [0, 0.05) is 5.92 Å². The number of nitriles is 1. The van der Waals surface area contributed by atoms with Crippen molar-refractivity contribution >= 4 is 0 Å². The minimum absolute atomic E-state index is 0.376. The van der Waals surface area contributed by atoms with Gasteiger partial charge >= 0.3 is 0 Å². The van der Waals surface area contributed by atoms with Crippen LogP contribution in [-0.4, -0.2) is 0 Å². The Labute approximate surface area is 144 Å². The van der Waals surface area contributed by atoms with Gasteiger partial charge in [0.15, 0.2) is 0 Å². The zero-order chi connectivity index (χ0) is 16.1. The number of hydrogen-bond acceptors (Lipinski definition) is 1. The van der Waals surface area contributed by atoms with E-state index in [0.717, 1.165) is 29.6 Å². The van der Waals surface area contributed by atoms with Crippen LogP contribution in [0.5, 0.6) is 0 Å². The van der Waals surface area contributed by atoms with Crippen molar-refractivity contribution in [1.29, 1.82) is 5.26 Å². The SMILES string of the molecule is CCC[C@H]1CC[C@H](C2CCC([C@H]3CC[C@@H](C#N)CC3)CC2)CC1. The van der Waals surface area contributed by atoms with Gasteiger partial charge in [0.2, 0.25) is 0 Å². The number of hydrogen-bond donors (Lipinski definition) is 0. The monoisotopic (exact) mass is 315 g/mol. The Morgan fingerprint density at radius 1 is 0.652 bits per heavy atom. The maximum atomic E-state index is 9.07. The Morgan fingerprint density at radius 2 is 1.04 bits per heavy atom. The lowest BCUT2D eigenvalue weighted by Gasteiger charge is -2.41. The van der Waals surface area contributed by atoms with E-state index in [1.165, 1.54) is 89.9 Å². The highest BCUT2D eigenvalue weighted by Gasteiger charge is 2.34. The van der Waals surface area contributed by atoms with E-state index in [1.807, 2.05) is 0 Å². The van der Waals surface area contributed by atoms with E-state index in [2.05, 4.69) is 13.0 Å². The Hall–Kier alpha value is -0.510. The van der Waals surface area contributed by atoms with Crippen molar-refractivity contribution in [1.82, 2.24) is 0 Å². The van der Waals surface area contributed by atoms with Crippen LogP contribution in [0.4, 0.5) is 0 Å². The first-order valence-electron chi connectivity index (χ1n) is 10.7. The van der Waals surface area contributed by atoms with Gasteiger partial charge in [-0.25, -0.2) is 0 Å². The summed E-state index contributed by atoms with van der Waals surface area (Å²) in [5.74, 6) is 5.52. The van der Waals surface area contributed by atoms with Crippen LogP contribution >= 0.6 is 0 Å². The van der Waals surface area contributed by atoms with E-state index in [4.69, 9.17) is 5.26 Å². The molecule has 0 unspecified atom stereocenters. The van der Waals surface area contributed by atoms with Crippen molar-refractivity contribution < 1.29 is 0 Å². The molecule has 130 valence electrons. The second-order valence-electron chi connectivity index (χ2n) is 8.99. The third kappa shape index (κ3) is 4.52. The summed E-state index contributed by atoms with van der Waals surface area (Å²) in [7, 11) is 0. The number of nitrogens with zero attached hydrogens (tertiary/aromatic N) is 1. The predicted octanol–water partition coefficient (Wildman–Crippen LogP) is 6.73. The van der Waals surface area contributed by atoms with E-state index >= 15 is 0 Å². The molecule has 3 aliphatic carbocycles. The summed E-state index contributed by atoms with van der Waals surface area (Å²) >= 11 is 0. The molecule has 0 atom stereocenters. The van der Waals surface area contributed by atoms with Gasteiger partial charge in [-0.3, -0.25) is 0 Å². The van der Waals surface area contributed by atoms with E-state index in [0.29, 0.717) is 5.92 Å². The van der Waals surface area contributed by atoms with Gasteiger partial charge in [-0.2, -0.15) is 5.26 Å². The zero-order valence-electron chi connectivity index (χ0n) is 15.3. The molecule has 3 saturated carbocycles. The molecular weight excluding hydrogens is 278 g/mol. The average Bonchev–Trinajstić information content (AvgIpc) is 2.63. The molecule has 0 heterocycles. The molecule has 0 spiro atoms. The van der Waals surface area contributed by atoms with E-state index in [-0.39, 0.29) is 0 Å². The molecule has 0 saturated heterocycles. The minimum Gasteiger partial charge on any atom is -0.198 e. The van der Waals surface area contributed by atoms with Crippen molar-refractivity contribution in [3.8, 4) is 6.07 Å². The van der Waals surface area contributed by atoms with Gasteiger partial charge in [0.25, 0.3) is 0 Å². The molecule has 0 amide bonds. The largest absolute Gasteiger partial charge is 0.198 e. The topological polar surface area (TPSA) is 23.8 Å². The van der Waals surface area contributed by atoms with Crippen LogP contribution in [0.2, 0.25) is 0 Å². The fraction of sp³-hybridized carbons (Fsp3) is 0.955. The quantitative estimate of drug-likeness (QED) is 0.564. The molecular formula is C22H37N. The van der Waals surface area contributed by atoms with Crippen molar-refractivity contribution in [2.75, 3.05) is 0 Å². The summed E-state index contributed by atoms with van der Waals surface area (Å²) in [6, 6.07) is 2.49. The van der Waals surface area contributed by atoms with Crippen molar-refractivity contribution in [3.05, 3.63) is 0 Å². The first-order valence-corrected chi connectivity index (χ1v) is 10.7. The molecule has 23 heavy (non-hydrogen) atoms. The molecule has 0 aromatic rings. The van der Waals surface area contributed by atoms with Crippen molar-refractivity contribution in [2.24, 2.45) is 35.5 Å². The normalized spacial score (nSPS) is 42.1. The summed E-state index contributed by atoms with van der Waals surface area (Å²) in [5.41, 5.74) is 0. The lowest BCUT2D eigenvalue weighted by molar-refractivity contribution is 0.107. The highest BCUT2D eigenvalue weighted by atomic mass is 14.4. The van der Waals surface area contributed by atoms with Crippen LogP contribution in [-0.2, 0) is 0 Å². The van der Waals surface area contributed by atoms with Crippen LogP contribution in [0.25, 0.3) is 0 Å². The Balaban J connectivity index is 1.38. The fourth-order valence-electron chi connectivity index (χ4n) is 6.16. The summed E-state index contributed by atoms with van der Waals surface area (Å²) in [4.78, 5) is 0. The first kappa shape index (κ1) is 17.3. The third-order valence-corrected chi connectivity index (χ3v) is 7.69. The Morgan fingerprint density at radius 3 is 1.43 bits per heavy atom. The lowest BCUT2D eigenvalue weighted by Crippen LogP contribution is -2.29. The van der Waals surface area contributed by atoms with Gasteiger partial charge in [0.1, 0.15) is 0 Å². The van der Waals surface area contributed by atoms with Crippen LogP contribution < -0.4 is 0 Å². The molecule has 1 nitrogen and oxygen atoms in total. The van der Waals surface area contributed by atoms with Crippen molar-refractivity contribution in [3.63, 3.8) is 0 Å². The molecule has 0 radical (unpaired) electrons. The van der Waals surface area contributed by atoms with E-state index in [1.54, 1.807) is 0 Å². The molecule has 0 bridgehead atoms. The minimum atomic E-state index is 0.376. The highest BCUT2D eigenvalue weighted by molar-refractivity contribution is 4.90. The van der Waals surface area contributed by atoms with Gasteiger partial charge in [-0.1, -0.05) is 32.6 Å². The van der Waals surface area contributed by atoms with Gasteiger partial charge < -0.3 is 0 Å². The highest BCUT2D eigenvalue weighted by Crippen LogP contribution is 2.46. The van der Waals surface area contributed by atoms with E-state index < -0.39 is 0 Å².